The number of nitrogens with one attached hydrogen (secondary N) is 2. The van der Waals surface area contributed by atoms with E-state index in [-0.39, 0.29) is 0 Å². The molecular weight excluding hydrogens is 266 g/mol. The molecule has 110 valence electrons. The zero-order valence-corrected chi connectivity index (χ0v) is 12.0. The van der Waals surface area contributed by atoms with Crippen molar-refractivity contribution in [2.45, 2.75) is 19.9 Å². The Morgan fingerprint density at radius 1 is 1.19 bits per heavy atom. The van der Waals surface area contributed by atoms with Crippen LogP contribution in [-0.2, 0) is 6.54 Å². The number of imidazole rings is 2. The van der Waals surface area contributed by atoms with E-state index >= 15 is 0 Å². The number of nitrogens with zero attached hydrogens (tertiary/aromatic N) is 5. The lowest BCUT2D eigenvalue weighted by molar-refractivity contribution is 0.660. The molecule has 7 nitrogen and oxygen atoms in total. The predicted molar refractivity (Wildman–Crippen MR) is 82.5 cm³/mol. The van der Waals surface area contributed by atoms with Crippen LogP contribution in [0.3, 0.4) is 0 Å². The average Bonchev–Trinajstić information content (AvgIpc) is 3.14. The topological polar surface area (TPSA) is 72.1 Å². The van der Waals surface area contributed by atoms with Crippen LogP contribution in [0.25, 0.3) is 5.65 Å². The van der Waals surface area contributed by atoms with E-state index in [9.17, 15) is 0 Å². The van der Waals surface area contributed by atoms with E-state index in [4.69, 9.17) is 0 Å². The molecule has 0 fully saturated rings. The maximum Gasteiger partial charge on any atom is 0.180 e. The van der Waals surface area contributed by atoms with Crippen molar-refractivity contribution in [3.63, 3.8) is 0 Å². The largest absolute Gasteiger partial charge is 0.369 e. The highest BCUT2D eigenvalue weighted by atomic mass is 15.1. The average molecular weight is 285 g/mol. The quantitative estimate of drug-likeness (QED) is 0.648. The van der Waals surface area contributed by atoms with Gasteiger partial charge in [-0.05, 0) is 13.3 Å². The van der Waals surface area contributed by atoms with Crippen molar-refractivity contribution in [3.8, 4) is 0 Å². The number of anilines is 2. The third-order valence-electron chi connectivity index (χ3n) is 3.18. The third kappa shape index (κ3) is 3.13. The van der Waals surface area contributed by atoms with Crippen molar-refractivity contribution in [1.82, 2.24) is 23.9 Å². The van der Waals surface area contributed by atoms with Gasteiger partial charge in [0.05, 0.1) is 12.5 Å². The molecule has 0 aliphatic carbocycles. The molecule has 21 heavy (non-hydrogen) atoms. The molecule has 0 spiro atoms. The van der Waals surface area contributed by atoms with Gasteiger partial charge in [0.2, 0.25) is 0 Å². The first-order valence-electron chi connectivity index (χ1n) is 7.14. The molecule has 0 unspecified atom stereocenters. The van der Waals surface area contributed by atoms with Gasteiger partial charge in [-0.15, -0.1) is 0 Å². The minimum Gasteiger partial charge on any atom is -0.369 e. The lowest BCUT2D eigenvalue weighted by Crippen LogP contribution is -2.10. The van der Waals surface area contributed by atoms with Gasteiger partial charge in [0, 0.05) is 44.4 Å². The molecule has 0 aliphatic heterocycles. The number of aryl methyl sites for hydroxylation is 1. The molecule has 0 radical (unpaired) electrons. The number of aromatic nitrogens is 5. The third-order valence-corrected chi connectivity index (χ3v) is 3.18. The summed E-state index contributed by atoms with van der Waals surface area (Å²) < 4.78 is 4.04. The highest BCUT2D eigenvalue weighted by Crippen LogP contribution is 2.16. The molecule has 7 heteroatoms. The molecule has 3 rings (SSSR count). The highest BCUT2D eigenvalue weighted by Gasteiger charge is 2.06. The van der Waals surface area contributed by atoms with E-state index in [0.29, 0.717) is 0 Å². The molecule has 0 bridgehead atoms. The van der Waals surface area contributed by atoms with Crippen LogP contribution >= 0.6 is 0 Å². The van der Waals surface area contributed by atoms with Crippen molar-refractivity contribution < 1.29 is 0 Å². The van der Waals surface area contributed by atoms with Crippen LogP contribution in [0.4, 0.5) is 11.6 Å². The summed E-state index contributed by atoms with van der Waals surface area (Å²) >= 11 is 0. The normalized spacial score (nSPS) is 10.9. The van der Waals surface area contributed by atoms with Crippen molar-refractivity contribution in [2.75, 3.05) is 23.7 Å². The lowest BCUT2D eigenvalue weighted by Gasteiger charge is -2.10. The second-order valence-corrected chi connectivity index (χ2v) is 4.74. The second kappa shape index (κ2) is 6.25. The van der Waals surface area contributed by atoms with E-state index in [2.05, 4.69) is 37.1 Å². The zero-order chi connectivity index (χ0) is 14.5. The van der Waals surface area contributed by atoms with Crippen LogP contribution in [0.15, 0.2) is 37.3 Å². The van der Waals surface area contributed by atoms with E-state index < -0.39 is 0 Å². The minimum absolute atomic E-state index is 0.809. The van der Waals surface area contributed by atoms with E-state index in [0.717, 1.165) is 43.3 Å². The number of hydrogen-bond donors (Lipinski definition) is 2. The molecule has 0 aliphatic rings. The summed E-state index contributed by atoms with van der Waals surface area (Å²) in [5.41, 5.74) is 0.847. The Balaban J connectivity index is 1.66. The molecule has 3 aromatic rings. The maximum absolute atomic E-state index is 4.57. The van der Waals surface area contributed by atoms with Gasteiger partial charge in [-0.25, -0.2) is 15.0 Å². The first kappa shape index (κ1) is 13.4. The van der Waals surface area contributed by atoms with Crippen molar-refractivity contribution in [2.24, 2.45) is 0 Å². The monoisotopic (exact) mass is 285 g/mol. The fourth-order valence-corrected chi connectivity index (χ4v) is 2.20. The Morgan fingerprint density at radius 2 is 2.14 bits per heavy atom. The Labute approximate surface area is 123 Å². The highest BCUT2D eigenvalue weighted by molar-refractivity contribution is 5.65. The molecule has 0 saturated carbocycles. The number of hydrogen-bond acceptors (Lipinski definition) is 5. The van der Waals surface area contributed by atoms with Crippen LogP contribution in [0.5, 0.6) is 0 Å². The smallest absolute Gasteiger partial charge is 0.180 e. The first-order valence-corrected chi connectivity index (χ1v) is 7.14. The van der Waals surface area contributed by atoms with Crippen LogP contribution in [0, 0.1) is 0 Å². The first-order chi connectivity index (χ1) is 10.4. The molecule has 2 N–H and O–H groups in total. The minimum atomic E-state index is 0.809. The molecule has 3 heterocycles. The predicted octanol–water partition coefficient (Wildman–Crippen LogP) is 1.86. The fourth-order valence-electron chi connectivity index (χ4n) is 2.20. The second-order valence-electron chi connectivity index (χ2n) is 4.74. The van der Waals surface area contributed by atoms with E-state index in [1.165, 1.54) is 0 Å². The Kier molecular flexibility index (Phi) is 3.99. The van der Waals surface area contributed by atoms with Gasteiger partial charge in [-0.3, -0.25) is 0 Å². The maximum atomic E-state index is 4.57. The molecule has 0 aromatic carbocycles. The molecule has 0 saturated heterocycles. The van der Waals surface area contributed by atoms with Gasteiger partial charge in [-0.1, -0.05) is 0 Å². The fraction of sp³-hybridized carbons (Fsp3) is 0.357. The standard InChI is InChI=1S/C14H19N7/c1-2-16-12-10-21-9-6-18-14(21)13(19-12)17-4-3-7-20-8-5-15-11-20/h5-6,8-11,16H,2-4,7H2,1H3,(H,17,19). The molecule has 0 amide bonds. The van der Waals surface area contributed by atoms with Crippen molar-refractivity contribution in [1.29, 1.82) is 0 Å². The summed E-state index contributed by atoms with van der Waals surface area (Å²) in [6.45, 7) is 4.67. The van der Waals surface area contributed by atoms with Gasteiger partial charge in [0.1, 0.15) is 5.82 Å². The van der Waals surface area contributed by atoms with Gasteiger partial charge >= 0.3 is 0 Å². The van der Waals surface area contributed by atoms with Gasteiger partial charge in [0.15, 0.2) is 11.5 Å². The van der Waals surface area contributed by atoms with Crippen LogP contribution in [0.1, 0.15) is 13.3 Å². The summed E-state index contributed by atoms with van der Waals surface area (Å²) in [5, 5.41) is 6.60. The van der Waals surface area contributed by atoms with Gasteiger partial charge < -0.3 is 19.6 Å². The summed E-state index contributed by atoms with van der Waals surface area (Å²) in [5.74, 6) is 1.66. The number of rotatable bonds is 7. The van der Waals surface area contributed by atoms with Gasteiger partial charge in [-0.2, -0.15) is 0 Å². The number of fused-ring (bicyclic) bond motifs is 1. The SMILES string of the molecule is CCNc1cn2ccnc2c(NCCCn2ccnc2)n1. The van der Waals surface area contributed by atoms with Crippen molar-refractivity contribution in [3.05, 3.63) is 37.3 Å². The van der Waals surface area contributed by atoms with E-state index in [1.807, 2.05) is 29.3 Å². The Morgan fingerprint density at radius 3 is 2.95 bits per heavy atom. The van der Waals surface area contributed by atoms with Crippen LogP contribution in [-0.4, -0.2) is 37.0 Å². The molecular formula is C14H19N7. The summed E-state index contributed by atoms with van der Waals surface area (Å²) in [4.78, 5) is 12.9. The summed E-state index contributed by atoms with van der Waals surface area (Å²) in [7, 11) is 0. The molecule has 3 aromatic heterocycles. The zero-order valence-electron chi connectivity index (χ0n) is 12.0. The van der Waals surface area contributed by atoms with Crippen LogP contribution < -0.4 is 10.6 Å². The van der Waals surface area contributed by atoms with Gasteiger partial charge in [0.25, 0.3) is 0 Å². The van der Waals surface area contributed by atoms with Crippen LogP contribution in [0.2, 0.25) is 0 Å². The summed E-state index contributed by atoms with van der Waals surface area (Å²) in [6.07, 6.45) is 12.2. The Bertz CT molecular complexity index is 686. The lowest BCUT2D eigenvalue weighted by atomic mass is 10.4. The van der Waals surface area contributed by atoms with Crippen molar-refractivity contribution >= 4 is 17.3 Å². The molecule has 0 atom stereocenters. The van der Waals surface area contributed by atoms with E-state index in [1.54, 1.807) is 12.4 Å². The summed E-state index contributed by atoms with van der Waals surface area (Å²) in [6, 6.07) is 0. The Hall–Kier alpha value is -2.57.